The average molecular weight is 282 g/mol. The molecule has 0 spiro atoms. The van der Waals surface area contributed by atoms with Gasteiger partial charge in [0.2, 0.25) is 0 Å². The van der Waals surface area contributed by atoms with Crippen molar-refractivity contribution in [3.05, 3.63) is 60.2 Å². The molecule has 0 aliphatic carbocycles. The predicted molar refractivity (Wildman–Crippen MR) is 75.8 cm³/mol. The number of hydrogen-bond acceptors (Lipinski definition) is 4. The average Bonchev–Trinajstić information content (AvgIpc) is 3.20. The molecule has 21 heavy (non-hydrogen) atoms. The first-order valence-corrected chi connectivity index (χ1v) is 6.51. The Morgan fingerprint density at radius 1 is 1.29 bits per heavy atom. The number of hydrogen-bond donors (Lipinski definition) is 2. The molecule has 7 nitrogen and oxygen atoms in total. The quantitative estimate of drug-likeness (QED) is 0.758. The fourth-order valence-electron chi connectivity index (χ4n) is 1.90. The lowest BCUT2D eigenvalue weighted by Crippen LogP contribution is -2.26. The van der Waals surface area contributed by atoms with Gasteiger partial charge in [-0.05, 0) is 19.1 Å². The van der Waals surface area contributed by atoms with Crippen LogP contribution in [0.25, 0.3) is 5.69 Å². The zero-order valence-corrected chi connectivity index (χ0v) is 11.4. The molecule has 2 N–H and O–H groups in total. The second-order valence-electron chi connectivity index (χ2n) is 4.58. The molecule has 7 heteroatoms. The molecule has 1 atom stereocenters. The van der Waals surface area contributed by atoms with Crippen LogP contribution in [0.1, 0.15) is 29.0 Å². The zero-order valence-electron chi connectivity index (χ0n) is 11.4. The molecule has 2 heterocycles. The first-order chi connectivity index (χ1) is 10.2. The second kappa shape index (κ2) is 5.58. The summed E-state index contributed by atoms with van der Waals surface area (Å²) in [7, 11) is 0. The molecule has 3 rings (SSSR count). The van der Waals surface area contributed by atoms with E-state index in [9.17, 15) is 4.79 Å². The van der Waals surface area contributed by atoms with Crippen LogP contribution in [-0.4, -0.2) is 31.1 Å². The molecular formula is C14H14N6O. The van der Waals surface area contributed by atoms with Crippen LogP contribution in [0.3, 0.4) is 0 Å². The van der Waals surface area contributed by atoms with Crippen LogP contribution in [0.15, 0.2) is 48.9 Å². The maximum absolute atomic E-state index is 12.1. The SMILES string of the molecule is CC(NC(=O)c1cnn(-c2ccccc2)n1)c1cn[nH]c1. The van der Waals surface area contributed by atoms with Crippen LogP contribution >= 0.6 is 0 Å². The molecular weight excluding hydrogens is 268 g/mol. The van der Waals surface area contributed by atoms with Crippen molar-refractivity contribution in [3.63, 3.8) is 0 Å². The maximum Gasteiger partial charge on any atom is 0.273 e. The van der Waals surface area contributed by atoms with Crippen molar-refractivity contribution in [1.29, 1.82) is 0 Å². The van der Waals surface area contributed by atoms with E-state index < -0.39 is 0 Å². The molecule has 1 aromatic carbocycles. The topological polar surface area (TPSA) is 88.5 Å². The third-order valence-corrected chi connectivity index (χ3v) is 3.08. The van der Waals surface area contributed by atoms with Crippen molar-refractivity contribution in [2.45, 2.75) is 13.0 Å². The highest BCUT2D eigenvalue weighted by atomic mass is 16.2. The standard InChI is InChI=1S/C14H14N6O/c1-10(11-7-15-16-8-11)18-14(21)13-9-17-20(19-13)12-5-3-2-4-6-12/h2-10H,1H3,(H,15,16)(H,18,21). The predicted octanol–water partition coefficient (Wildman–Crippen LogP) is 1.48. The Balaban J connectivity index is 1.73. The third-order valence-electron chi connectivity index (χ3n) is 3.08. The minimum atomic E-state index is -0.272. The Kier molecular flexibility index (Phi) is 3.46. The first-order valence-electron chi connectivity index (χ1n) is 6.51. The number of amides is 1. The van der Waals surface area contributed by atoms with Gasteiger partial charge in [-0.3, -0.25) is 9.89 Å². The monoisotopic (exact) mass is 282 g/mol. The number of carbonyl (C=O) groups excluding carboxylic acids is 1. The third kappa shape index (κ3) is 2.81. The van der Waals surface area contributed by atoms with Crippen LogP contribution in [0.4, 0.5) is 0 Å². The molecule has 1 unspecified atom stereocenters. The number of nitrogens with zero attached hydrogens (tertiary/aromatic N) is 4. The van der Waals surface area contributed by atoms with E-state index in [1.165, 1.54) is 11.0 Å². The van der Waals surface area contributed by atoms with Crippen molar-refractivity contribution in [3.8, 4) is 5.69 Å². The van der Waals surface area contributed by atoms with Crippen molar-refractivity contribution in [1.82, 2.24) is 30.5 Å². The van der Waals surface area contributed by atoms with Gasteiger partial charge < -0.3 is 5.32 Å². The van der Waals surface area contributed by atoms with Crippen molar-refractivity contribution in [2.75, 3.05) is 0 Å². The number of aromatic nitrogens is 5. The highest BCUT2D eigenvalue weighted by Crippen LogP contribution is 2.10. The van der Waals surface area contributed by atoms with E-state index in [2.05, 4.69) is 25.7 Å². The molecule has 0 saturated carbocycles. The zero-order chi connectivity index (χ0) is 14.7. The number of carbonyl (C=O) groups is 1. The normalized spacial score (nSPS) is 12.0. The van der Waals surface area contributed by atoms with Gasteiger partial charge in [0.05, 0.1) is 24.1 Å². The number of aromatic amines is 1. The van der Waals surface area contributed by atoms with Crippen molar-refractivity contribution in [2.24, 2.45) is 0 Å². The Labute approximate surface area is 121 Å². The summed E-state index contributed by atoms with van der Waals surface area (Å²) in [6, 6.07) is 9.27. The fraction of sp³-hybridized carbons (Fsp3) is 0.143. The summed E-state index contributed by atoms with van der Waals surface area (Å²) < 4.78 is 0. The fourth-order valence-corrected chi connectivity index (χ4v) is 1.90. The van der Waals surface area contributed by atoms with E-state index in [4.69, 9.17) is 0 Å². The Hall–Kier alpha value is -2.96. The van der Waals surface area contributed by atoms with E-state index >= 15 is 0 Å². The van der Waals surface area contributed by atoms with Crippen LogP contribution in [-0.2, 0) is 0 Å². The highest BCUT2D eigenvalue weighted by Gasteiger charge is 2.15. The Morgan fingerprint density at radius 2 is 2.10 bits per heavy atom. The summed E-state index contributed by atoms with van der Waals surface area (Å²) in [5, 5.41) is 17.7. The summed E-state index contributed by atoms with van der Waals surface area (Å²) in [4.78, 5) is 13.6. The molecule has 106 valence electrons. The van der Waals surface area contributed by atoms with Crippen molar-refractivity contribution < 1.29 is 4.79 Å². The van der Waals surface area contributed by atoms with Gasteiger partial charge in [0.25, 0.3) is 5.91 Å². The van der Waals surface area contributed by atoms with Crippen LogP contribution in [0, 0.1) is 0 Å². The molecule has 0 aliphatic heterocycles. The number of H-pyrrole nitrogens is 1. The van der Waals surface area contributed by atoms with Gasteiger partial charge in [0.1, 0.15) is 0 Å². The van der Waals surface area contributed by atoms with Gasteiger partial charge in [0, 0.05) is 11.8 Å². The van der Waals surface area contributed by atoms with Crippen molar-refractivity contribution >= 4 is 5.91 Å². The van der Waals surface area contributed by atoms with Gasteiger partial charge in [-0.2, -0.15) is 15.0 Å². The van der Waals surface area contributed by atoms with E-state index in [0.717, 1.165) is 11.3 Å². The largest absolute Gasteiger partial charge is 0.344 e. The lowest BCUT2D eigenvalue weighted by atomic mass is 10.2. The number of para-hydroxylation sites is 1. The van der Waals surface area contributed by atoms with Gasteiger partial charge in [-0.25, -0.2) is 0 Å². The molecule has 0 radical (unpaired) electrons. The van der Waals surface area contributed by atoms with Crippen LogP contribution < -0.4 is 5.32 Å². The van der Waals surface area contributed by atoms with Gasteiger partial charge in [-0.15, -0.1) is 5.10 Å². The van der Waals surface area contributed by atoms with Crippen LogP contribution in [0.2, 0.25) is 0 Å². The summed E-state index contributed by atoms with van der Waals surface area (Å²) in [5.41, 5.74) is 1.98. The number of rotatable bonds is 4. The molecule has 0 aliphatic rings. The summed E-state index contributed by atoms with van der Waals surface area (Å²) >= 11 is 0. The van der Waals surface area contributed by atoms with E-state index in [1.807, 2.05) is 37.3 Å². The smallest absolute Gasteiger partial charge is 0.273 e. The Morgan fingerprint density at radius 3 is 2.81 bits per heavy atom. The molecule has 0 bridgehead atoms. The van der Waals surface area contributed by atoms with Gasteiger partial charge in [-0.1, -0.05) is 18.2 Å². The van der Waals surface area contributed by atoms with E-state index in [1.54, 1.807) is 12.4 Å². The minimum Gasteiger partial charge on any atom is -0.344 e. The van der Waals surface area contributed by atoms with Crippen LogP contribution in [0.5, 0.6) is 0 Å². The molecule has 1 amide bonds. The lowest BCUT2D eigenvalue weighted by Gasteiger charge is -2.10. The molecule has 0 saturated heterocycles. The van der Waals surface area contributed by atoms with E-state index in [0.29, 0.717) is 0 Å². The Bertz CT molecular complexity index is 719. The van der Waals surface area contributed by atoms with Gasteiger partial charge in [0.15, 0.2) is 5.69 Å². The lowest BCUT2D eigenvalue weighted by molar-refractivity contribution is 0.0934. The second-order valence-corrected chi connectivity index (χ2v) is 4.58. The first kappa shape index (κ1) is 13.0. The number of nitrogens with one attached hydrogen (secondary N) is 2. The minimum absolute atomic E-state index is 0.155. The molecule has 0 fully saturated rings. The summed E-state index contributed by atoms with van der Waals surface area (Å²) in [6.45, 7) is 1.88. The van der Waals surface area contributed by atoms with Gasteiger partial charge >= 0.3 is 0 Å². The number of benzene rings is 1. The highest BCUT2D eigenvalue weighted by molar-refractivity contribution is 5.92. The summed E-state index contributed by atoms with van der Waals surface area (Å²) in [6.07, 6.45) is 4.86. The summed E-state index contributed by atoms with van der Waals surface area (Å²) in [5.74, 6) is -0.272. The molecule has 2 aromatic heterocycles. The van der Waals surface area contributed by atoms with E-state index in [-0.39, 0.29) is 17.6 Å². The molecule has 3 aromatic rings. The maximum atomic E-state index is 12.1.